The topological polar surface area (TPSA) is 33.6 Å². The molecule has 0 unspecified atom stereocenters. The van der Waals surface area contributed by atoms with E-state index in [-0.39, 0.29) is 21.4 Å². The van der Waals surface area contributed by atoms with E-state index in [0.717, 1.165) is 12.1 Å². The van der Waals surface area contributed by atoms with Gasteiger partial charge >= 0.3 is 0 Å². The number of hydrogen-bond donors (Lipinski definition) is 1. The van der Waals surface area contributed by atoms with Gasteiger partial charge in [0.15, 0.2) is 10.6 Å². The van der Waals surface area contributed by atoms with Gasteiger partial charge in [-0.1, -0.05) is 25.4 Å². The Morgan fingerprint density at radius 1 is 1.39 bits per heavy atom. The summed E-state index contributed by atoms with van der Waals surface area (Å²) in [5.74, 6) is -0.965. The Hall–Kier alpha value is -1.27. The SMILES string of the molecule is CC(C)c1n[nH]c(=S)n1-c1c(F)cc(F)cc1Cl. The van der Waals surface area contributed by atoms with Crippen molar-refractivity contribution < 1.29 is 8.78 Å². The largest absolute Gasteiger partial charge is 0.267 e. The molecule has 0 amide bonds. The lowest BCUT2D eigenvalue weighted by Crippen LogP contribution is -2.06. The lowest BCUT2D eigenvalue weighted by molar-refractivity contribution is 0.574. The van der Waals surface area contributed by atoms with Gasteiger partial charge < -0.3 is 0 Å². The van der Waals surface area contributed by atoms with Crippen LogP contribution in [0, 0.1) is 16.4 Å². The van der Waals surface area contributed by atoms with Crippen LogP contribution >= 0.6 is 23.8 Å². The monoisotopic (exact) mass is 289 g/mol. The van der Waals surface area contributed by atoms with Gasteiger partial charge in [0, 0.05) is 12.0 Å². The molecule has 0 aliphatic heterocycles. The third kappa shape index (κ3) is 2.18. The van der Waals surface area contributed by atoms with Crippen molar-refractivity contribution >= 4 is 23.8 Å². The summed E-state index contributed by atoms with van der Waals surface area (Å²) in [5, 5.41) is 6.56. The predicted molar refractivity (Wildman–Crippen MR) is 67.8 cm³/mol. The lowest BCUT2D eigenvalue weighted by atomic mass is 10.2. The molecule has 0 aliphatic carbocycles. The summed E-state index contributed by atoms with van der Waals surface area (Å²) < 4.78 is 28.5. The fourth-order valence-corrected chi connectivity index (χ4v) is 2.17. The molecule has 0 radical (unpaired) electrons. The first-order valence-corrected chi connectivity index (χ1v) is 6.02. The number of hydrogen-bond acceptors (Lipinski definition) is 2. The van der Waals surface area contributed by atoms with E-state index < -0.39 is 11.6 Å². The van der Waals surface area contributed by atoms with E-state index in [4.69, 9.17) is 23.8 Å². The van der Waals surface area contributed by atoms with Crippen LogP contribution in [-0.4, -0.2) is 14.8 Å². The lowest BCUT2D eigenvalue weighted by Gasteiger charge is -2.11. The number of H-pyrrole nitrogens is 1. The zero-order valence-electron chi connectivity index (χ0n) is 9.67. The van der Waals surface area contributed by atoms with Crippen LogP contribution in [0.25, 0.3) is 5.69 Å². The van der Waals surface area contributed by atoms with E-state index in [9.17, 15) is 8.78 Å². The van der Waals surface area contributed by atoms with Gasteiger partial charge in [0.05, 0.1) is 5.02 Å². The first-order valence-electron chi connectivity index (χ1n) is 5.24. The van der Waals surface area contributed by atoms with Crippen LogP contribution in [0.3, 0.4) is 0 Å². The summed E-state index contributed by atoms with van der Waals surface area (Å²) in [4.78, 5) is 0. The molecule has 0 spiro atoms. The number of aromatic nitrogens is 3. The Bertz CT molecular complexity index is 625. The third-order valence-corrected chi connectivity index (χ3v) is 2.98. The molecule has 1 aromatic carbocycles. The summed E-state index contributed by atoms with van der Waals surface area (Å²) >= 11 is 10.9. The summed E-state index contributed by atoms with van der Waals surface area (Å²) in [7, 11) is 0. The maximum absolute atomic E-state index is 13.9. The molecule has 18 heavy (non-hydrogen) atoms. The van der Waals surface area contributed by atoms with Crippen molar-refractivity contribution in [2.75, 3.05) is 0 Å². The summed E-state index contributed by atoms with van der Waals surface area (Å²) in [6.45, 7) is 3.77. The molecule has 0 saturated carbocycles. The van der Waals surface area contributed by atoms with Crippen molar-refractivity contribution in [3.05, 3.63) is 39.4 Å². The first kappa shape index (κ1) is 13.2. The molecule has 2 aromatic rings. The molecule has 1 aromatic heterocycles. The highest BCUT2D eigenvalue weighted by molar-refractivity contribution is 7.71. The number of halogens is 3. The Labute approximate surface area is 112 Å². The van der Waals surface area contributed by atoms with E-state index in [0.29, 0.717) is 5.82 Å². The molecule has 7 heteroatoms. The van der Waals surface area contributed by atoms with Gasteiger partial charge in [-0.15, -0.1) is 0 Å². The van der Waals surface area contributed by atoms with E-state index in [1.807, 2.05) is 13.8 Å². The highest BCUT2D eigenvalue weighted by Gasteiger charge is 2.18. The molecule has 0 bridgehead atoms. The number of nitrogens with zero attached hydrogens (tertiary/aromatic N) is 2. The van der Waals surface area contributed by atoms with Gasteiger partial charge in [-0.05, 0) is 18.3 Å². The summed E-state index contributed by atoms with van der Waals surface area (Å²) in [5.41, 5.74) is 0.0144. The van der Waals surface area contributed by atoms with E-state index in [1.54, 1.807) is 0 Å². The maximum atomic E-state index is 13.9. The van der Waals surface area contributed by atoms with Gasteiger partial charge in [0.25, 0.3) is 0 Å². The second-order valence-electron chi connectivity index (χ2n) is 4.10. The van der Waals surface area contributed by atoms with Crippen molar-refractivity contribution in [2.45, 2.75) is 19.8 Å². The zero-order valence-corrected chi connectivity index (χ0v) is 11.2. The molecule has 0 aliphatic rings. The predicted octanol–water partition coefficient (Wildman–Crippen LogP) is 3.98. The molecule has 1 N–H and O–H groups in total. The summed E-state index contributed by atoms with van der Waals surface area (Å²) in [6.07, 6.45) is 0. The van der Waals surface area contributed by atoms with E-state index >= 15 is 0 Å². The molecule has 0 fully saturated rings. The van der Waals surface area contributed by atoms with Crippen LogP contribution in [-0.2, 0) is 0 Å². The molecule has 0 atom stereocenters. The summed E-state index contributed by atoms with van der Waals surface area (Å²) in [6, 6.07) is 1.80. The van der Waals surface area contributed by atoms with Crippen LogP contribution in [0.5, 0.6) is 0 Å². The van der Waals surface area contributed by atoms with Crippen molar-refractivity contribution in [1.82, 2.24) is 14.8 Å². The second-order valence-corrected chi connectivity index (χ2v) is 4.89. The van der Waals surface area contributed by atoms with Gasteiger partial charge in [0.1, 0.15) is 17.3 Å². The van der Waals surface area contributed by atoms with Crippen LogP contribution in [0.1, 0.15) is 25.6 Å². The number of rotatable bonds is 2. The second kappa shape index (κ2) is 4.78. The minimum atomic E-state index is -0.778. The molecule has 0 saturated heterocycles. The zero-order chi connectivity index (χ0) is 13.4. The normalized spacial score (nSPS) is 11.2. The molecule has 3 nitrogen and oxygen atoms in total. The highest BCUT2D eigenvalue weighted by atomic mass is 35.5. The molecule has 2 rings (SSSR count). The Morgan fingerprint density at radius 2 is 2.06 bits per heavy atom. The Kier molecular flexibility index (Phi) is 3.49. The number of nitrogens with one attached hydrogen (secondary N) is 1. The fraction of sp³-hybridized carbons (Fsp3) is 0.273. The van der Waals surface area contributed by atoms with Crippen LogP contribution < -0.4 is 0 Å². The van der Waals surface area contributed by atoms with Crippen molar-refractivity contribution in [1.29, 1.82) is 0 Å². The Morgan fingerprint density at radius 3 is 2.61 bits per heavy atom. The number of aromatic amines is 1. The van der Waals surface area contributed by atoms with Gasteiger partial charge in [0.2, 0.25) is 0 Å². The van der Waals surface area contributed by atoms with Crippen molar-refractivity contribution in [2.24, 2.45) is 0 Å². The molecule has 1 heterocycles. The van der Waals surface area contributed by atoms with Crippen molar-refractivity contribution in [3.8, 4) is 5.69 Å². The molecular formula is C11H10ClF2N3S. The number of benzene rings is 1. The van der Waals surface area contributed by atoms with Gasteiger partial charge in [-0.25, -0.2) is 8.78 Å². The average Bonchev–Trinajstić information content (AvgIpc) is 2.59. The third-order valence-electron chi connectivity index (χ3n) is 2.42. The quantitative estimate of drug-likeness (QED) is 0.848. The highest BCUT2D eigenvalue weighted by Crippen LogP contribution is 2.28. The van der Waals surface area contributed by atoms with Crippen molar-refractivity contribution in [3.63, 3.8) is 0 Å². The van der Waals surface area contributed by atoms with Gasteiger partial charge in [-0.3, -0.25) is 9.67 Å². The fourth-order valence-electron chi connectivity index (χ4n) is 1.66. The molecular weight excluding hydrogens is 280 g/mol. The van der Waals surface area contributed by atoms with E-state index in [1.165, 1.54) is 4.57 Å². The maximum Gasteiger partial charge on any atom is 0.200 e. The van der Waals surface area contributed by atoms with Crippen LogP contribution in [0.2, 0.25) is 5.02 Å². The Balaban J connectivity index is 2.77. The van der Waals surface area contributed by atoms with Crippen LogP contribution in [0.15, 0.2) is 12.1 Å². The minimum absolute atomic E-state index is 0.0125. The van der Waals surface area contributed by atoms with Crippen LogP contribution in [0.4, 0.5) is 8.78 Å². The molecule has 96 valence electrons. The standard InChI is InChI=1S/C11H10ClF2N3S/c1-5(2)10-15-16-11(18)17(10)9-7(12)3-6(13)4-8(9)14/h3-5H,1-2H3,(H,16,18). The van der Waals surface area contributed by atoms with E-state index in [2.05, 4.69) is 10.2 Å². The van der Waals surface area contributed by atoms with Gasteiger partial charge in [-0.2, -0.15) is 5.10 Å². The smallest absolute Gasteiger partial charge is 0.200 e. The average molecular weight is 290 g/mol. The minimum Gasteiger partial charge on any atom is -0.267 e. The first-order chi connectivity index (χ1) is 8.41.